The minimum absolute atomic E-state index is 0.0977. The first kappa shape index (κ1) is 67.7. The summed E-state index contributed by atoms with van der Waals surface area (Å²) in [6.45, 7) is 27.6. The molecule has 2 aliphatic heterocycles. The molecule has 19 heteroatoms. The van der Waals surface area contributed by atoms with Crippen LogP contribution in [0.15, 0.2) is 24.8 Å². The number of amides is 2. The number of nitrogens with zero attached hydrogens (tertiary/aromatic N) is 6. The molecule has 428 valence electrons. The second kappa shape index (κ2) is 34.5. The number of allylic oxidation sites excluding steroid dienone is 2. The Morgan fingerprint density at radius 2 is 1.27 bits per heavy atom. The van der Waals surface area contributed by atoms with Crippen LogP contribution >= 0.6 is 35.1 Å². The van der Waals surface area contributed by atoms with Crippen molar-refractivity contribution >= 4 is 70.6 Å². The molecule has 0 bridgehead atoms. The molecule has 2 saturated heterocycles. The molecule has 6 N–H and O–H groups in total. The molecule has 2 unspecified atom stereocenters. The molecule has 6 rings (SSSR count). The number of aliphatic hydroxyl groups excluding tert-OH is 1. The number of nitrogens with two attached hydrogens (primary N) is 2. The number of thioether (sulfide) groups is 2. The van der Waals surface area contributed by atoms with Crippen molar-refractivity contribution in [3.63, 3.8) is 0 Å². The fraction of sp³-hybridized carbons (Fsp3) is 0.750. The maximum atomic E-state index is 12.5. The van der Waals surface area contributed by atoms with Gasteiger partial charge in [0.05, 0.1) is 43.3 Å². The molecule has 3 atom stereocenters. The Morgan fingerprint density at radius 1 is 0.760 bits per heavy atom. The van der Waals surface area contributed by atoms with E-state index >= 15 is 0 Å². The van der Waals surface area contributed by atoms with Gasteiger partial charge in [-0.05, 0) is 124 Å². The highest BCUT2D eigenvalue weighted by Gasteiger charge is 2.46. The number of nitrogens with one attached hydrogen (secondary N) is 1. The van der Waals surface area contributed by atoms with E-state index in [1.54, 1.807) is 9.80 Å². The number of hydrogen-bond acceptors (Lipinski definition) is 16. The Hall–Kier alpha value is -3.39. The summed E-state index contributed by atoms with van der Waals surface area (Å²) in [4.78, 5) is 44.4. The number of aromatic nitrogens is 4. The first-order chi connectivity index (χ1) is 35.5. The number of anilines is 2. The number of ether oxygens (including phenoxy) is 4. The van der Waals surface area contributed by atoms with Crippen molar-refractivity contribution in [2.45, 2.75) is 214 Å². The highest BCUT2D eigenvalue weighted by atomic mass is 35.5. The van der Waals surface area contributed by atoms with Gasteiger partial charge in [0, 0.05) is 41.6 Å². The van der Waals surface area contributed by atoms with Gasteiger partial charge in [0.2, 0.25) is 0 Å². The van der Waals surface area contributed by atoms with Gasteiger partial charge in [-0.15, -0.1) is 11.6 Å². The van der Waals surface area contributed by atoms with Crippen molar-refractivity contribution in [3.8, 4) is 0 Å². The summed E-state index contributed by atoms with van der Waals surface area (Å²) in [6.07, 6.45) is 25.7. The van der Waals surface area contributed by atoms with E-state index in [0.29, 0.717) is 31.4 Å². The SMILES string of the molecule is CCC1COC(C)(C)N1C(=O)OC(C)(C)C.CCCCCCCSCC1COC(C)(C)N1C(=O)OC(C)(C)C.CCCCCCCSC[C@@H](CO)NCC1=CCc2c(N)ncnc21.CCl.Nc1ncnc2c1CC=C2. The summed E-state index contributed by atoms with van der Waals surface area (Å²) in [5.41, 5.74) is 14.5. The van der Waals surface area contributed by atoms with Gasteiger partial charge in [-0.2, -0.15) is 23.5 Å². The van der Waals surface area contributed by atoms with Crippen molar-refractivity contribution < 1.29 is 33.6 Å². The zero-order valence-electron chi connectivity index (χ0n) is 48.4. The molecule has 2 aromatic rings. The lowest BCUT2D eigenvalue weighted by atomic mass is 10.2. The van der Waals surface area contributed by atoms with E-state index in [-0.39, 0.29) is 36.9 Å². The monoisotopic (exact) mass is 1110 g/mol. The Balaban J connectivity index is 0.000000351. The van der Waals surface area contributed by atoms with E-state index in [1.807, 2.05) is 112 Å². The molecule has 2 aromatic heterocycles. The van der Waals surface area contributed by atoms with Gasteiger partial charge in [-0.3, -0.25) is 9.80 Å². The Kier molecular flexibility index (Phi) is 31.1. The maximum absolute atomic E-state index is 12.5. The molecule has 0 saturated carbocycles. The summed E-state index contributed by atoms with van der Waals surface area (Å²) in [6, 6.07) is 0.333. The van der Waals surface area contributed by atoms with Crippen LogP contribution in [0.5, 0.6) is 0 Å². The number of fused-ring (bicyclic) bond motifs is 2. The summed E-state index contributed by atoms with van der Waals surface area (Å²) in [5, 5.41) is 13.0. The lowest BCUT2D eigenvalue weighted by Gasteiger charge is -2.35. The summed E-state index contributed by atoms with van der Waals surface area (Å²) in [5.74, 6) is 5.37. The zero-order chi connectivity index (χ0) is 56.2. The highest BCUT2D eigenvalue weighted by Crippen LogP contribution is 2.33. The predicted molar refractivity (Wildman–Crippen MR) is 314 cm³/mol. The molecular weight excluding hydrogens is 1010 g/mol. The Bertz CT molecular complexity index is 2030. The van der Waals surface area contributed by atoms with Gasteiger partial charge in [-0.1, -0.05) is 84.3 Å². The molecule has 2 fully saturated rings. The number of nitrogen functional groups attached to an aromatic ring is 2. The Labute approximate surface area is 465 Å². The number of carbonyl (C=O) groups is 2. The molecule has 4 heterocycles. The molecular formula is C56H98ClN9O7S2. The van der Waals surface area contributed by atoms with Crippen LogP contribution in [0.2, 0.25) is 0 Å². The van der Waals surface area contributed by atoms with Gasteiger partial charge in [0.1, 0.15) is 46.9 Å². The average molecular weight is 1110 g/mol. The predicted octanol–water partition coefficient (Wildman–Crippen LogP) is 12.0. The third kappa shape index (κ3) is 24.4. The molecule has 4 aliphatic rings. The number of unbranched alkanes of at least 4 members (excludes halogenated alkanes) is 8. The van der Waals surface area contributed by atoms with Crippen LogP contribution in [0.1, 0.15) is 183 Å². The second-order valence-corrected chi connectivity index (χ2v) is 24.2. The van der Waals surface area contributed by atoms with Crippen LogP contribution in [0.3, 0.4) is 0 Å². The minimum atomic E-state index is -0.589. The lowest BCUT2D eigenvalue weighted by molar-refractivity contribution is -0.0633. The molecule has 0 spiro atoms. The fourth-order valence-electron chi connectivity index (χ4n) is 8.50. The number of rotatable bonds is 21. The maximum Gasteiger partial charge on any atom is 0.412 e. The van der Waals surface area contributed by atoms with Gasteiger partial charge < -0.3 is 40.8 Å². The van der Waals surface area contributed by atoms with E-state index in [1.165, 1.54) is 89.0 Å². The second-order valence-electron chi connectivity index (χ2n) is 21.9. The van der Waals surface area contributed by atoms with Crippen molar-refractivity contribution in [1.82, 2.24) is 35.1 Å². The van der Waals surface area contributed by atoms with Crippen LogP contribution in [0, 0.1) is 0 Å². The molecule has 2 aliphatic carbocycles. The highest BCUT2D eigenvalue weighted by molar-refractivity contribution is 7.99. The summed E-state index contributed by atoms with van der Waals surface area (Å²) < 4.78 is 22.4. The van der Waals surface area contributed by atoms with Crippen LogP contribution in [-0.2, 0) is 31.8 Å². The van der Waals surface area contributed by atoms with E-state index in [4.69, 9.17) is 30.4 Å². The first-order valence-corrected chi connectivity index (χ1v) is 30.3. The van der Waals surface area contributed by atoms with Crippen LogP contribution in [0.4, 0.5) is 21.2 Å². The smallest absolute Gasteiger partial charge is 0.412 e. The zero-order valence-corrected chi connectivity index (χ0v) is 50.8. The molecule has 2 amide bonds. The number of alkyl halides is 1. The molecule has 16 nitrogen and oxygen atoms in total. The van der Waals surface area contributed by atoms with Gasteiger partial charge in [-0.25, -0.2) is 29.5 Å². The minimum Gasteiger partial charge on any atom is -0.444 e. The number of hydrogen-bond donors (Lipinski definition) is 4. The standard InChI is InChI=1S/C18H30N4OS.C18H35NO3S.C12H23NO3.C7H7N3.CH3Cl/c1-2-3-4-5-6-9-24-12-15(11-23)20-10-14-7-8-16-17(14)21-13-22-18(16)19;1-7-8-9-10-11-12-23-14-15-13-21-18(5,6)19(15)16(20)22-17(2,3)4;1-7-9-8-15-12(5,6)13(9)10(14)16-11(2,3)4;8-7-5-2-1-3-6(5)9-4-10-7;1-2/h7,13,15,20,23H,2-6,8-12H2,1H3,(H2,19,21,22);15H,7-14H2,1-6H3;9H,7-8H2,1-6H3;1,3-4H,2H2,(H2,8,9,10);1H3/t15-;;;;/m1..../s1. The van der Waals surface area contributed by atoms with Crippen molar-refractivity contribution in [1.29, 1.82) is 0 Å². The topological polar surface area (TPSA) is 213 Å². The first-order valence-electron chi connectivity index (χ1n) is 27.2. The Morgan fingerprint density at radius 3 is 1.79 bits per heavy atom. The summed E-state index contributed by atoms with van der Waals surface area (Å²) >= 11 is 8.48. The lowest BCUT2D eigenvalue weighted by Crippen LogP contribution is -2.50. The van der Waals surface area contributed by atoms with E-state index in [2.05, 4.69) is 56.8 Å². The summed E-state index contributed by atoms with van der Waals surface area (Å²) in [7, 11) is 0. The molecule has 0 aromatic carbocycles. The van der Waals surface area contributed by atoms with Crippen molar-refractivity contribution in [2.75, 3.05) is 67.2 Å². The normalized spacial score (nSPS) is 18.2. The van der Waals surface area contributed by atoms with E-state index in [9.17, 15) is 14.7 Å². The van der Waals surface area contributed by atoms with Crippen molar-refractivity contribution in [2.24, 2.45) is 0 Å². The fourth-order valence-corrected chi connectivity index (χ4v) is 10.7. The third-order valence-corrected chi connectivity index (χ3v) is 14.9. The van der Waals surface area contributed by atoms with Crippen LogP contribution in [-0.4, -0.2) is 144 Å². The van der Waals surface area contributed by atoms with E-state index < -0.39 is 22.7 Å². The number of aliphatic hydroxyl groups is 1. The average Bonchev–Trinajstić information content (AvgIpc) is 4.14. The van der Waals surface area contributed by atoms with E-state index in [0.717, 1.165) is 64.6 Å². The molecule has 0 radical (unpaired) electrons. The largest absolute Gasteiger partial charge is 0.444 e. The van der Waals surface area contributed by atoms with Gasteiger partial charge in [0.15, 0.2) is 0 Å². The quantitative estimate of drug-likeness (QED) is 0.0676. The number of halogens is 1. The molecule has 75 heavy (non-hydrogen) atoms. The number of carbonyl (C=O) groups excluding carboxylic acids is 2. The van der Waals surface area contributed by atoms with Crippen molar-refractivity contribution in [3.05, 3.63) is 47.3 Å². The van der Waals surface area contributed by atoms with Gasteiger partial charge >= 0.3 is 12.2 Å². The van der Waals surface area contributed by atoms with Crippen LogP contribution in [0.25, 0.3) is 11.6 Å². The van der Waals surface area contributed by atoms with Crippen LogP contribution < -0.4 is 16.8 Å². The third-order valence-electron chi connectivity index (χ3n) is 12.5. The van der Waals surface area contributed by atoms with Gasteiger partial charge in [0.25, 0.3) is 0 Å².